The van der Waals surface area contributed by atoms with Crippen LogP contribution < -0.4 is 5.32 Å². The Balaban J connectivity index is 1.55. The van der Waals surface area contributed by atoms with Crippen molar-refractivity contribution in [3.05, 3.63) is 30.1 Å². The van der Waals surface area contributed by atoms with Gasteiger partial charge in [-0.25, -0.2) is 14.2 Å². The molecule has 4 rings (SSSR count). The van der Waals surface area contributed by atoms with Crippen molar-refractivity contribution in [2.45, 2.75) is 12.8 Å². The van der Waals surface area contributed by atoms with Gasteiger partial charge in [-0.15, -0.1) is 0 Å². The average Bonchev–Trinajstić information content (AvgIpc) is 3.54. The fraction of sp³-hybridized carbons (Fsp3) is 0.368. The molecule has 1 N–H and O–H groups in total. The number of urea groups is 1. The number of benzene rings is 1. The molecule has 2 aliphatic heterocycles. The van der Waals surface area contributed by atoms with Crippen molar-refractivity contribution in [1.82, 2.24) is 4.90 Å². The highest BCUT2D eigenvalue weighted by molar-refractivity contribution is 8.14. The molecule has 0 aromatic heterocycles. The molecule has 0 bridgehead atoms. The van der Waals surface area contributed by atoms with E-state index in [0.29, 0.717) is 22.4 Å². The fourth-order valence-electron chi connectivity index (χ4n) is 3.13. The van der Waals surface area contributed by atoms with Gasteiger partial charge in [-0.05, 0) is 31.0 Å². The van der Waals surface area contributed by atoms with Crippen molar-refractivity contribution < 1.29 is 23.3 Å². The molecule has 2 heterocycles. The molecule has 0 spiro atoms. The van der Waals surface area contributed by atoms with Gasteiger partial charge in [-0.2, -0.15) is 9.48 Å². The standard InChI is InChI=1S/C19H18FN5O3S/c1-24-16-14(18(27)25(2)19(24)28)17(23-15(22-16)10-6-7-10)29-9-13(26)21-12-5-3-4-11(20)8-12/h3-5,8,10,14H,6-7,9H2,1-2H3/p+1. The van der Waals surface area contributed by atoms with Gasteiger partial charge < -0.3 is 5.32 Å². The maximum atomic E-state index is 13.3. The number of aliphatic imine (C=N–C) groups is 2. The Hall–Kier alpha value is -2.88. The minimum Gasteiger partial charge on any atom is -0.325 e. The number of carbonyl (C=O) groups is 3. The summed E-state index contributed by atoms with van der Waals surface area (Å²) < 4.78 is 14.6. The van der Waals surface area contributed by atoms with Crippen molar-refractivity contribution in [2.75, 3.05) is 25.2 Å². The van der Waals surface area contributed by atoms with Crippen LogP contribution in [0, 0.1) is 17.7 Å². The third kappa shape index (κ3) is 3.84. The van der Waals surface area contributed by atoms with E-state index >= 15 is 0 Å². The topological polar surface area (TPSA) is 94.2 Å². The summed E-state index contributed by atoms with van der Waals surface area (Å²) in [6.07, 6.45) is 1.92. The van der Waals surface area contributed by atoms with Crippen molar-refractivity contribution >= 4 is 52.0 Å². The number of rotatable bonds is 4. The van der Waals surface area contributed by atoms with E-state index in [9.17, 15) is 18.8 Å². The average molecular weight is 416 g/mol. The quantitative estimate of drug-likeness (QED) is 0.760. The first-order chi connectivity index (χ1) is 13.8. The predicted molar refractivity (Wildman–Crippen MR) is 108 cm³/mol. The highest BCUT2D eigenvalue weighted by atomic mass is 32.2. The monoisotopic (exact) mass is 416 g/mol. The van der Waals surface area contributed by atoms with Gasteiger partial charge in [0.25, 0.3) is 5.84 Å². The van der Waals surface area contributed by atoms with E-state index in [2.05, 4.69) is 15.3 Å². The first kappa shape index (κ1) is 19.4. The summed E-state index contributed by atoms with van der Waals surface area (Å²) in [5.41, 5.74) is 0.354. The molecule has 1 aromatic rings. The third-order valence-corrected chi connectivity index (χ3v) is 5.89. The van der Waals surface area contributed by atoms with E-state index in [1.807, 2.05) is 0 Å². The molecule has 150 valence electrons. The van der Waals surface area contributed by atoms with Gasteiger partial charge in [0.15, 0.2) is 5.92 Å². The third-order valence-electron chi connectivity index (χ3n) is 4.86. The second-order valence-electron chi connectivity index (χ2n) is 7.07. The van der Waals surface area contributed by atoms with Crippen molar-refractivity contribution in [3.63, 3.8) is 0 Å². The highest BCUT2D eigenvalue weighted by Crippen LogP contribution is 2.35. The number of fused-ring (bicyclic) bond motifs is 1. The summed E-state index contributed by atoms with van der Waals surface area (Å²) in [4.78, 5) is 47.4. The maximum Gasteiger partial charge on any atom is 0.445 e. The predicted octanol–water partition coefficient (Wildman–Crippen LogP) is 1.97. The number of imide groups is 1. The zero-order valence-corrected chi connectivity index (χ0v) is 16.7. The zero-order valence-electron chi connectivity index (χ0n) is 15.9. The Morgan fingerprint density at radius 2 is 2.10 bits per heavy atom. The van der Waals surface area contributed by atoms with Crippen LogP contribution in [-0.2, 0) is 9.59 Å². The molecule has 1 aliphatic carbocycles. The number of anilines is 1. The van der Waals surface area contributed by atoms with Crippen molar-refractivity contribution in [1.29, 1.82) is 0 Å². The first-order valence-corrected chi connectivity index (χ1v) is 10.1. The van der Waals surface area contributed by atoms with Crippen LogP contribution in [-0.4, -0.2) is 63.9 Å². The Morgan fingerprint density at radius 3 is 2.79 bits per heavy atom. The SMILES string of the molecule is CN1C(=O)C2C(SCC(=O)Nc3cccc(F)c3)=NC(C3CC3)=NC2=[N+](C)C1=O. The minimum absolute atomic E-state index is 0.00821. The van der Waals surface area contributed by atoms with Crippen molar-refractivity contribution in [3.8, 4) is 0 Å². The highest BCUT2D eigenvalue weighted by Gasteiger charge is 2.50. The molecule has 0 radical (unpaired) electrons. The van der Waals surface area contributed by atoms with Crippen LogP contribution in [0.5, 0.6) is 0 Å². The molecule has 1 atom stereocenters. The molecule has 1 aromatic carbocycles. The van der Waals surface area contributed by atoms with E-state index < -0.39 is 23.7 Å². The fourth-order valence-corrected chi connectivity index (χ4v) is 4.02. The second kappa shape index (κ2) is 7.51. The van der Waals surface area contributed by atoms with Crippen LogP contribution in [0.15, 0.2) is 34.3 Å². The molecule has 8 nitrogen and oxygen atoms in total. The van der Waals surface area contributed by atoms with E-state index in [4.69, 9.17) is 0 Å². The zero-order chi connectivity index (χ0) is 20.7. The van der Waals surface area contributed by atoms with Gasteiger partial charge in [0.2, 0.25) is 11.7 Å². The Morgan fingerprint density at radius 1 is 1.34 bits per heavy atom. The number of halogens is 1. The summed E-state index contributed by atoms with van der Waals surface area (Å²) in [7, 11) is 2.99. The van der Waals surface area contributed by atoms with E-state index in [0.717, 1.165) is 29.5 Å². The van der Waals surface area contributed by atoms with Crippen molar-refractivity contribution in [2.24, 2.45) is 21.8 Å². The molecule has 1 fully saturated rings. The molecular formula is C19H19FN5O3S+. The van der Waals surface area contributed by atoms with E-state index in [1.54, 1.807) is 13.1 Å². The lowest BCUT2D eigenvalue weighted by atomic mass is 10.0. The number of nitrogens with one attached hydrogen (secondary N) is 1. The first-order valence-electron chi connectivity index (χ1n) is 9.12. The van der Waals surface area contributed by atoms with Gasteiger partial charge in [0.05, 0.1) is 19.8 Å². The molecule has 3 aliphatic rings. The van der Waals surface area contributed by atoms with Crippen LogP contribution in [0.4, 0.5) is 14.9 Å². The number of thioether (sulfide) groups is 1. The lowest BCUT2D eigenvalue weighted by Gasteiger charge is -2.26. The smallest absolute Gasteiger partial charge is 0.325 e. The summed E-state index contributed by atoms with van der Waals surface area (Å²) in [6, 6.07) is 5.17. The Bertz CT molecular complexity index is 1010. The van der Waals surface area contributed by atoms with Gasteiger partial charge in [0, 0.05) is 11.6 Å². The molecule has 1 saturated carbocycles. The second-order valence-corrected chi connectivity index (χ2v) is 8.07. The van der Waals surface area contributed by atoms with Crippen LogP contribution in [0.3, 0.4) is 0 Å². The van der Waals surface area contributed by atoms with Crippen LogP contribution >= 0.6 is 11.8 Å². The summed E-state index contributed by atoms with van der Waals surface area (Å²) >= 11 is 1.13. The molecule has 10 heteroatoms. The number of hydrogen-bond donors (Lipinski definition) is 1. The number of carbonyl (C=O) groups excluding carboxylic acids is 3. The molecule has 4 amide bonds. The number of amidine groups is 2. The van der Waals surface area contributed by atoms with Gasteiger partial charge in [-0.3, -0.25) is 9.59 Å². The van der Waals surface area contributed by atoms with Crippen LogP contribution in [0.25, 0.3) is 0 Å². The number of amides is 4. The molecule has 29 heavy (non-hydrogen) atoms. The van der Waals surface area contributed by atoms with Gasteiger partial charge in [0.1, 0.15) is 10.9 Å². The largest absolute Gasteiger partial charge is 0.445 e. The summed E-state index contributed by atoms with van der Waals surface area (Å²) in [6.45, 7) is 0. The normalized spacial score (nSPS) is 21.6. The van der Waals surface area contributed by atoms with Crippen LogP contribution in [0.1, 0.15) is 12.8 Å². The van der Waals surface area contributed by atoms with Crippen LogP contribution in [0.2, 0.25) is 0 Å². The van der Waals surface area contributed by atoms with E-state index in [1.165, 1.54) is 29.8 Å². The minimum atomic E-state index is -0.808. The number of nitrogens with zero attached hydrogens (tertiary/aromatic N) is 4. The van der Waals surface area contributed by atoms with Gasteiger partial charge >= 0.3 is 11.9 Å². The lowest BCUT2D eigenvalue weighted by molar-refractivity contribution is -0.407. The van der Waals surface area contributed by atoms with Gasteiger partial charge in [-0.1, -0.05) is 22.8 Å². The molecule has 1 unspecified atom stereocenters. The molecular weight excluding hydrogens is 397 g/mol. The lowest BCUT2D eigenvalue weighted by Crippen LogP contribution is -2.54. The molecule has 0 saturated heterocycles. The van der Waals surface area contributed by atoms with E-state index in [-0.39, 0.29) is 17.6 Å². The maximum absolute atomic E-state index is 13.3. The summed E-state index contributed by atoms with van der Waals surface area (Å²) in [5.74, 6) is -0.855. The Kier molecular flexibility index (Phi) is 5.03. The number of hydrogen-bond acceptors (Lipinski definition) is 6. The Labute approximate surface area is 170 Å². The summed E-state index contributed by atoms with van der Waals surface area (Å²) in [5, 5.41) is 3.07.